The smallest absolute Gasteiger partial charge is 0.298 e. The van der Waals surface area contributed by atoms with Crippen LogP contribution in [0.3, 0.4) is 0 Å². The maximum Gasteiger partial charge on any atom is 0.298 e. The molecule has 102 valence electrons. The molecule has 0 unspecified atom stereocenters. The highest BCUT2D eigenvalue weighted by molar-refractivity contribution is 5.78. The maximum atomic E-state index is 5.80. The minimum atomic E-state index is 0.602. The number of nitrogen functional groups attached to an aromatic ring is 1. The summed E-state index contributed by atoms with van der Waals surface area (Å²) in [5.41, 5.74) is 8.12. The summed E-state index contributed by atoms with van der Waals surface area (Å²) in [7, 11) is 0. The molecular weight excluding hydrogens is 240 g/mol. The molecule has 2 heterocycles. The van der Waals surface area contributed by atoms with E-state index < -0.39 is 0 Å². The summed E-state index contributed by atoms with van der Waals surface area (Å²) in [4.78, 5) is 9.20. The number of hydrogen-bond acceptors (Lipinski definition) is 5. The van der Waals surface area contributed by atoms with Gasteiger partial charge >= 0.3 is 0 Å². The van der Waals surface area contributed by atoms with Gasteiger partial charge in [0.2, 0.25) is 0 Å². The van der Waals surface area contributed by atoms with Crippen LogP contribution in [0.2, 0.25) is 0 Å². The summed E-state index contributed by atoms with van der Waals surface area (Å²) in [6.45, 7) is 8.49. The van der Waals surface area contributed by atoms with Crippen molar-refractivity contribution in [2.24, 2.45) is 0 Å². The number of rotatable bonds is 2. The van der Waals surface area contributed by atoms with Gasteiger partial charge in [0.1, 0.15) is 5.52 Å². The van der Waals surface area contributed by atoms with Crippen LogP contribution in [0.25, 0.3) is 11.1 Å². The maximum absolute atomic E-state index is 5.80. The molecule has 3 rings (SSSR count). The van der Waals surface area contributed by atoms with Crippen molar-refractivity contribution >= 4 is 22.8 Å². The fourth-order valence-electron chi connectivity index (χ4n) is 2.50. The van der Waals surface area contributed by atoms with Crippen LogP contribution in [0.1, 0.15) is 13.8 Å². The Morgan fingerprint density at radius 2 is 1.95 bits per heavy atom. The summed E-state index contributed by atoms with van der Waals surface area (Å²) < 4.78 is 5.80. The van der Waals surface area contributed by atoms with E-state index in [2.05, 4.69) is 28.6 Å². The number of piperazine rings is 1. The molecule has 0 saturated carbocycles. The first-order chi connectivity index (χ1) is 9.13. The zero-order valence-electron chi connectivity index (χ0n) is 11.5. The van der Waals surface area contributed by atoms with Gasteiger partial charge in [0.15, 0.2) is 5.58 Å². The van der Waals surface area contributed by atoms with Gasteiger partial charge < -0.3 is 15.1 Å². The number of nitrogens with zero attached hydrogens (tertiary/aromatic N) is 3. The molecule has 5 nitrogen and oxygen atoms in total. The van der Waals surface area contributed by atoms with Gasteiger partial charge in [-0.15, -0.1) is 0 Å². The predicted molar refractivity (Wildman–Crippen MR) is 77.3 cm³/mol. The van der Waals surface area contributed by atoms with Crippen LogP contribution >= 0.6 is 0 Å². The van der Waals surface area contributed by atoms with Gasteiger partial charge in [-0.3, -0.25) is 4.90 Å². The molecule has 0 radical (unpaired) electrons. The lowest BCUT2D eigenvalue weighted by atomic mass is 10.2. The molecule has 0 bridgehead atoms. The summed E-state index contributed by atoms with van der Waals surface area (Å²) in [6.07, 6.45) is 0. The number of anilines is 2. The SMILES string of the molecule is CC(C)N1CCN(c2nc3cc(N)ccc3o2)CC1. The molecule has 2 N–H and O–H groups in total. The molecule has 1 aliphatic heterocycles. The lowest BCUT2D eigenvalue weighted by Gasteiger charge is -2.36. The Kier molecular flexibility index (Phi) is 3.06. The van der Waals surface area contributed by atoms with Gasteiger partial charge in [0, 0.05) is 37.9 Å². The zero-order chi connectivity index (χ0) is 13.4. The van der Waals surface area contributed by atoms with Crippen molar-refractivity contribution in [1.82, 2.24) is 9.88 Å². The first kappa shape index (κ1) is 12.3. The lowest BCUT2D eigenvalue weighted by Crippen LogP contribution is -2.49. The van der Waals surface area contributed by atoms with E-state index in [0.29, 0.717) is 12.1 Å². The highest BCUT2D eigenvalue weighted by atomic mass is 16.4. The third kappa shape index (κ3) is 2.38. The molecule has 5 heteroatoms. The zero-order valence-corrected chi connectivity index (χ0v) is 11.5. The van der Waals surface area contributed by atoms with Crippen molar-refractivity contribution in [3.8, 4) is 0 Å². The number of nitrogens with two attached hydrogens (primary N) is 1. The quantitative estimate of drug-likeness (QED) is 0.836. The van der Waals surface area contributed by atoms with E-state index >= 15 is 0 Å². The van der Waals surface area contributed by atoms with Gasteiger partial charge in [0.05, 0.1) is 0 Å². The first-order valence-corrected chi connectivity index (χ1v) is 6.78. The molecule has 0 atom stereocenters. The molecule has 0 amide bonds. The Morgan fingerprint density at radius 1 is 1.21 bits per heavy atom. The van der Waals surface area contributed by atoms with E-state index in [1.165, 1.54) is 0 Å². The fraction of sp³-hybridized carbons (Fsp3) is 0.500. The fourth-order valence-corrected chi connectivity index (χ4v) is 2.50. The number of aromatic nitrogens is 1. The second-order valence-corrected chi connectivity index (χ2v) is 5.34. The van der Waals surface area contributed by atoms with E-state index in [9.17, 15) is 0 Å². The molecule has 1 aromatic carbocycles. The van der Waals surface area contributed by atoms with E-state index in [0.717, 1.165) is 43.0 Å². The number of benzene rings is 1. The standard InChI is InChI=1S/C14H20N4O/c1-10(2)17-5-7-18(8-6-17)14-16-12-9-11(15)3-4-13(12)19-14/h3-4,9-10H,5-8,15H2,1-2H3. The second-order valence-electron chi connectivity index (χ2n) is 5.34. The largest absolute Gasteiger partial charge is 0.423 e. The highest BCUT2D eigenvalue weighted by Gasteiger charge is 2.22. The topological polar surface area (TPSA) is 58.5 Å². The lowest BCUT2D eigenvalue weighted by molar-refractivity contribution is 0.206. The molecule has 2 aromatic rings. The Morgan fingerprint density at radius 3 is 2.63 bits per heavy atom. The van der Waals surface area contributed by atoms with Gasteiger partial charge in [-0.1, -0.05) is 0 Å². The number of fused-ring (bicyclic) bond motifs is 1. The average molecular weight is 260 g/mol. The van der Waals surface area contributed by atoms with Crippen LogP contribution in [0.4, 0.5) is 11.7 Å². The van der Waals surface area contributed by atoms with E-state index in [4.69, 9.17) is 10.2 Å². The highest BCUT2D eigenvalue weighted by Crippen LogP contribution is 2.24. The van der Waals surface area contributed by atoms with Crippen molar-refractivity contribution in [2.45, 2.75) is 19.9 Å². The Balaban J connectivity index is 1.78. The number of hydrogen-bond donors (Lipinski definition) is 1. The first-order valence-electron chi connectivity index (χ1n) is 6.78. The van der Waals surface area contributed by atoms with Crippen LogP contribution in [-0.4, -0.2) is 42.1 Å². The van der Waals surface area contributed by atoms with Crippen LogP contribution < -0.4 is 10.6 Å². The normalized spacial score (nSPS) is 17.5. The van der Waals surface area contributed by atoms with E-state index in [1.807, 2.05) is 18.2 Å². The molecule has 19 heavy (non-hydrogen) atoms. The molecule has 1 fully saturated rings. The van der Waals surface area contributed by atoms with Gasteiger partial charge in [-0.25, -0.2) is 0 Å². The minimum Gasteiger partial charge on any atom is -0.423 e. The van der Waals surface area contributed by atoms with Gasteiger partial charge in [-0.05, 0) is 32.0 Å². The summed E-state index contributed by atoms with van der Waals surface area (Å²) >= 11 is 0. The summed E-state index contributed by atoms with van der Waals surface area (Å²) in [5, 5.41) is 0. The Bertz CT molecular complexity index is 570. The van der Waals surface area contributed by atoms with Crippen LogP contribution in [0, 0.1) is 0 Å². The molecule has 1 aromatic heterocycles. The van der Waals surface area contributed by atoms with E-state index in [1.54, 1.807) is 0 Å². The third-order valence-corrected chi connectivity index (χ3v) is 3.72. The summed E-state index contributed by atoms with van der Waals surface area (Å²) in [5.74, 6) is 0. The molecule has 1 saturated heterocycles. The molecule has 0 aliphatic carbocycles. The second kappa shape index (κ2) is 4.74. The van der Waals surface area contributed by atoms with Crippen LogP contribution in [-0.2, 0) is 0 Å². The molecule has 1 aliphatic rings. The average Bonchev–Trinajstić information content (AvgIpc) is 2.81. The predicted octanol–water partition coefficient (Wildman–Crippen LogP) is 1.94. The summed E-state index contributed by atoms with van der Waals surface area (Å²) in [6, 6.07) is 6.89. The number of oxazole rings is 1. The van der Waals surface area contributed by atoms with Gasteiger partial charge in [-0.2, -0.15) is 4.98 Å². The van der Waals surface area contributed by atoms with Crippen molar-refractivity contribution < 1.29 is 4.42 Å². The Hall–Kier alpha value is -1.75. The van der Waals surface area contributed by atoms with Crippen molar-refractivity contribution in [1.29, 1.82) is 0 Å². The van der Waals surface area contributed by atoms with Crippen molar-refractivity contribution in [2.75, 3.05) is 36.8 Å². The van der Waals surface area contributed by atoms with Crippen LogP contribution in [0.15, 0.2) is 22.6 Å². The minimum absolute atomic E-state index is 0.602. The van der Waals surface area contributed by atoms with E-state index in [-0.39, 0.29) is 0 Å². The monoisotopic (exact) mass is 260 g/mol. The van der Waals surface area contributed by atoms with Crippen LogP contribution in [0.5, 0.6) is 0 Å². The Labute approximate surface area is 113 Å². The van der Waals surface area contributed by atoms with Gasteiger partial charge in [0.25, 0.3) is 6.01 Å². The molecular formula is C14H20N4O. The third-order valence-electron chi connectivity index (χ3n) is 3.72. The van der Waals surface area contributed by atoms with Crippen molar-refractivity contribution in [3.05, 3.63) is 18.2 Å². The van der Waals surface area contributed by atoms with Crippen molar-refractivity contribution in [3.63, 3.8) is 0 Å². The molecule has 0 spiro atoms.